The van der Waals surface area contributed by atoms with Crippen LogP contribution in [-0.2, 0) is 0 Å². The minimum Gasteiger partial charge on any atom is -0.459 e. The number of hydrogen-bond donors (Lipinski definition) is 3. The Morgan fingerprint density at radius 3 is 2.38 bits per heavy atom. The van der Waals surface area contributed by atoms with Gasteiger partial charge in [-0.15, -0.1) is 0 Å². The summed E-state index contributed by atoms with van der Waals surface area (Å²) in [4.78, 5) is 23.8. The Morgan fingerprint density at radius 2 is 1.73 bits per heavy atom. The number of hydrogen-bond acceptors (Lipinski definition) is 4. The van der Waals surface area contributed by atoms with Crippen molar-refractivity contribution in [3.63, 3.8) is 0 Å². The lowest BCUT2D eigenvalue weighted by molar-refractivity contribution is 0.0996. The van der Waals surface area contributed by atoms with E-state index in [4.69, 9.17) is 4.42 Å². The van der Waals surface area contributed by atoms with Crippen LogP contribution >= 0.6 is 11.8 Å². The van der Waals surface area contributed by atoms with Gasteiger partial charge in [-0.2, -0.15) is 11.8 Å². The Labute approximate surface area is 157 Å². The lowest BCUT2D eigenvalue weighted by atomic mass is 10.2. The Morgan fingerprint density at radius 1 is 1.04 bits per heavy atom. The van der Waals surface area contributed by atoms with Crippen molar-refractivity contribution in [2.24, 2.45) is 0 Å². The fourth-order valence-corrected chi connectivity index (χ4v) is 4.08. The van der Waals surface area contributed by atoms with Crippen LogP contribution in [0.25, 0.3) is 0 Å². The standard InChI is InChI=1S/C19H23N3O3S/c23-18(17-6-3-12-25-17)21-14-7-9-15(10-8-14)22-19(24)20-11-13-26-16-4-1-2-5-16/h3,6-10,12,16H,1-2,4-5,11,13H2,(H,21,23)(H2,20,22,24). The highest BCUT2D eigenvalue weighted by Gasteiger charge is 2.14. The molecule has 1 aliphatic carbocycles. The van der Waals surface area contributed by atoms with Crippen LogP contribution in [0, 0.1) is 0 Å². The molecule has 1 fully saturated rings. The number of anilines is 2. The molecule has 0 atom stereocenters. The fourth-order valence-electron chi connectivity index (χ4n) is 2.86. The average molecular weight is 373 g/mol. The summed E-state index contributed by atoms with van der Waals surface area (Å²) >= 11 is 1.95. The maximum Gasteiger partial charge on any atom is 0.319 e. The number of benzene rings is 1. The van der Waals surface area contributed by atoms with Gasteiger partial charge < -0.3 is 20.4 Å². The van der Waals surface area contributed by atoms with Crippen molar-refractivity contribution in [1.82, 2.24) is 5.32 Å². The summed E-state index contributed by atoms with van der Waals surface area (Å²) in [6, 6.07) is 9.98. The normalized spacial score (nSPS) is 14.2. The molecule has 3 amide bonds. The van der Waals surface area contributed by atoms with Crippen molar-refractivity contribution in [3.05, 3.63) is 48.4 Å². The molecule has 3 N–H and O–H groups in total. The van der Waals surface area contributed by atoms with Gasteiger partial charge in [-0.05, 0) is 49.2 Å². The average Bonchev–Trinajstić information content (AvgIpc) is 3.34. The van der Waals surface area contributed by atoms with Crippen molar-refractivity contribution in [3.8, 4) is 0 Å². The molecule has 7 heteroatoms. The number of rotatable bonds is 7. The lowest BCUT2D eigenvalue weighted by Crippen LogP contribution is -2.30. The molecule has 0 bridgehead atoms. The number of carbonyl (C=O) groups excluding carboxylic acids is 2. The number of furan rings is 1. The molecule has 6 nitrogen and oxygen atoms in total. The lowest BCUT2D eigenvalue weighted by Gasteiger charge is -2.10. The van der Waals surface area contributed by atoms with Gasteiger partial charge in [0.25, 0.3) is 5.91 Å². The number of thioether (sulfide) groups is 1. The Kier molecular flexibility index (Phi) is 6.60. The number of urea groups is 1. The van der Waals surface area contributed by atoms with Gasteiger partial charge in [-0.25, -0.2) is 4.79 Å². The SMILES string of the molecule is O=C(NCCSC1CCCC1)Nc1ccc(NC(=O)c2ccco2)cc1. The molecule has 1 aromatic carbocycles. The first kappa shape index (κ1) is 18.4. The largest absolute Gasteiger partial charge is 0.459 e. The van der Waals surface area contributed by atoms with Crippen molar-refractivity contribution in [1.29, 1.82) is 0 Å². The van der Waals surface area contributed by atoms with Crippen LogP contribution < -0.4 is 16.0 Å². The second-order valence-corrected chi connectivity index (χ2v) is 7.58. The summed E-state index contributed by atoms with van der Waals surface area (Å²) in [5.41, 5.74) is 1.30. The zero-order chi connectivity index (χ0) is 18.2. The van der Waals surface area contributed by atoms with Crippen molar-refractivity contribution in [2.75, 3.05) is 22.9 Å². The monoisotopic (exact) mass is 373 g/mol. The minimum atomic E-state index is -0.312. The zero-order valence-electron chi connectivity index (χ0n) is 14.5. The molecule has 1 saturated carbocycles. The van der Waals surface area contributed by atoms with E-state index in [9.17, 15) is 9.59 Å². The predicted molar refractivity (Wildman–Crippen MR) is 105 cm³/mol. The third-order valence-corrected chi connectivity index (χ3v) is 5.57. The highest BCUT2D eigenvalue weighted by Crippen LogP contribution is 2.28. The summed E-state index contributed by atoms with van der Waals surface area (Å²) in [7, 11) is 0. The van der Waals surface area contributed by atoms with Crippen LogP contribution in [0.1, 0.15) is 36.2 Å². The van der Waals surface area contributed by atoms with Gasteiger partial charge in [0.2, 0.25) is 0 Å². The summed E-state index contributed by atoms with van der Waals surface area (Å²) < 4.78 is 5.04. The van der Waals surface area contributed by atoms with E-state index in [0.29, 0.717) is 17.9 Å². The molecule has 26 heavy (non-hydrogen) atoms. The van der Waals surface area contributed by atoms with E-state index in [2.05, 4.69) is 16.0 Å². The summed E-state index contributed by atoms with van der Waals surface area (Å²) in [6.45, 7) is 0.657. The second kappa shape index (κ2) is 9.33. The first-order valence-corrected chi connectivity index (χ1v) is 9.87. The van der Waals surface area contributed by atoms with Crippen LogP contribution in [0.2, 0.25) is 0 Å². The van der Waals surface area contributed by atoms with Crippen LogP contribution in [0.5, 0.6) is 0 Å². The molecule has 3 rings (SSSR count). The van der Waals surface area contributed by atoms with Gasteiger partial charge in [-0.3, -0.25) is 4.79 Å². The molecule has 0 saturated heterocycles. The van der Waals surface area contributed by atoms with E-state index >= 15 is 0 Å². The van der Waals surface area contributed by atoms with Crippen LogP contribution in [0.4, 0.5) is 16.2 Å². The van der Waals surface area contributed by atoms with E-state index in [1.165, 1.54) is 31.9 Å². The molecule has 0 radical (unpaired) electrons. The van der Waals surface area contributed by atoms with E-state index < -0.39 is 0 Å². The van der Waals surface area contributed by atoms with Crippen molar-refractivity contribution >= 4 is 35.1 Å². The van der Waals surface area contributed by atoms with Crippen molar-refractivity contribution < 1.29 is 14.0 Å². The van der Waals surface area contributed by atoms with Gasteiger partial charge >= 0.3 is 6.03 Å². The quantitative estimate of drug-likeness (QED) is 0.631. The van der Waals surface area contributed by atoms with E-state index in [0.717, 1.165) is 11.0 Å². The van der Waals surface area contributed by atoms with E-state index in [1.807, 2.05) is 11.8 Å². The maximum atomic E-state index is 11.9. The molecule has 0 aliphatic heterocycles. The number of carbonyl (C=O) groups is 2. The van der Waals surface area contributed by atoms with Gasteiger partial charge in [-0.1, -0.05) is 12.8 Å². The number of nitrogens with one attached hydrogen (secondary N) is 3. The molecule has 1 aromatic heterocycles. The molecular formula is C19H23N3O3S. The summed E-state index contributed by atoms with van der Waals surface area (Å²) in [5.74, 6) is 0.880. The van der Waals surface area contributed by atoms with Gasteiger partial charge in [0.05, 0.1) is 6.26 Å². The highest BCUT2D eigenvalue weighted by molar-refractivity contribution is 7.99. The van der Waals surface area contributed by atoms with E-state index in [-0.39, 0.29) is 17.7 Å². The number of amides is 3. The minimum absolute atomic E-state index is 0.218. The highest BCUT2D eigenvalue weighted by atomic mass is 32.2. The molecule has 1 aliphatic rings. The first-order chi connectivity index (χ1) is 12.7. The first-order valence-electron chi connectivity index (χ1n) is 8.82. The Hall–Kier alpha value is -2.41. The van der Waals surface area contributed by atoms with Gasteiger partial charge in [0, 0.05) is 28.9 Å². The molecular weight excluding hydrogens is 350 g/mol. The predicted octanol–water partition coefficient (Wildman–Crippen LogP) is 4.33. The topological polar surface area (TPSA) is 83.4 Å². The molecule has 138 valence electrons. The molecule has 1 heterocycles. The van der Waals surface area contributed by atoms with Gasteiger partial charge in [0.1, 0.15) is 0 Å². The molecule has 2 aromatic rings. The van der Waals surface area contributed by atoms with Crippen LogP contribution in [0.3, 0.4) is 0 Å². The van der Waals surface area contributed by atoms with Gasteiger partial charge in [0.15, 0.2) is 5.76 Å². The summed E-state index contributed by atoms with van der Waals surface area (Å²) in [6.07, 6.45) is 6.74. The Balaban J connectivity index is 1.37. The zero-order valence-corrected chi connectivity index (χ0v) is 15.3. The molecule has 0 spiro atoms. The third-order valence-electron chi connectivity index (χ3n) is 4.19. The Bertz CT molecular complexity index is 710. The van der Waals surface area contributed by atoms with E-state index in [1.54, 1.807) is 36.4 Å². The smallest absolute Gasteiger partial charge is 0.319 e. The maximum absolute atomic E-state index is 11.9. The third kappa shape index (κ3) is 5.56. The fraction of sp³-hybridized carbons (Fsp3) is 0.368. The van der Waals surface area contributed by atoms with Crippen LogP contribution in [0.15, 0.2) is 47.1 Å². The second-order valence-electron chi connectivity index (χ2n) is 6.17. The molecule has 0 unspecified atom stereocenters. The van der Waals surface area contributed by atoms with Crippen molar-refractivity contribution in [2.45, 2.75) is 30.9 Å². The van der Waals surface area contributed by atoms with Crippen LogP contribution in [-0.4, -0.2) is 29.5 Å². The summed E-state index contributed by atoms with van der Waals surface area (Å²) in [5, 5.41) is 9.15.